The maximum absolute atomic E-state index is 13.2. The van der Waals surface area contributed by atoms with E-state index in [2.05, 4.69) is 10.1 Å². The third kappa shape index (κ3) is 6.76. The van der Waals surface area contributed by atoms with Crippen LogP contribution in [0.5, 0.6) is 0 Å². The number of nitrogens with zero attached hydrogens (tertiary/aromatic N) is 1. The third-order valence-electron chi connectivity index (χ3n) is 6.01. The predicted molar refractivity (Wildman–Crippen MR) is 134 cm³/mol. The fourth-order valence-corrected chi connectivity index (χ4v) is 3.95. The molecule has 1 unspecified atom stereocenters. The maximum atomic E-state index is 13.2. The van der Waals surface area contributed by atoms with E-state index in [4.69, 9.17) is 0 Å². The Morgan fingerprint density at radius 1 is 0.971 bits per heavy atom. The van der Waals surface area contributed by atoms with Gasteiger partial charge < -0.3 is 14.6 Å². The predicted octanol–water partition coefficient (Wildman–Crippen LogP) is 3.78. The lowest BCUT2D eigenvalue weighted by Gasteiger charge is -2.20. The summed E-state index contributed by atoms with van der Waals surface area (Å²) in [5.41, 5.74) is 3.83. The van der Waals surface area contributed by atoms with Crippen LogP contribution in [0.15, 0.2) is 71.7 Å². The van der Waals surface area contributed by atoms with E-state index in [0.717, 1.165) is 16.7 Å². The van der Waals surface area contributed by atoms with Crippen molar-refractivity contribution in [1.82, 2.24) is 9.88 Å². The van der Waals surface area contributed by atoms with Gasteiger partial charge >= 0.3 is 5.97 Å². The number of carbonyl (C=O) groups excluding carboxylic acids is 3. The minimum Gasteiger partial charge on any atom is -0.469 e. The van der Waals surface area contributed by atoms with Crippen molar-refractivity contribution < 1.29 is 19.1 Å². The van der Waals surface area contributed by atoms with Crippen LogP contribution in [0.1, 0.15) is 62.6 Å². The van der Waals surface area contributed by atoms with Crippen molar-refractivity contribution in [1.29, 1.82) is 0 Å². The second-order valence-electron chi connectivity index (χ2n) is 8.46. The quantitative estimate of drug-likeness (QED) is 0.274. The SMILES string of the molecule is COC(=O)CCCNC(=O)c1ccc(C(CC(=O)c2ccc(=O)n(C)c2)c2ccccc2C)cc1. The lowest BCUT2D eigenvalue weighted by atomic mass is 9.83. The zero-order chi connectivity index (χ0) is 25.4. The zero-order valence-electron chi connectivity index (χ0n) is 20.2. The highest BCUT2D eigenvalue weighted by molar-refractivity contribution is 5.97. The summed E-state index contributed by atoms with van der Waals surface area (Å²) in [5, 5.41) is 2.80. The van der Waals surface area contributed by atoms with Gasteiger partial charge in [-0.25, -0.2) is 0 Å². The highest BCUT2D eigenvalue weighted by atomic mass is 16.5. The summed E-state index contributed by atoms with van der Waals surface area (Å²) in [6.07, 6.45) is 2.53. The lowest BCUT2D eigenvalue weighted by Crippen LogP contribution is -2.25. The number of ether oxygens (including phenoxy) is 1. The molecule has 0 fully saturated rings. The number of rotatable bonds is 10. The Kier molecular flexibility index (Phi) is 8.73. The molecule has 182 valence electrons. The van der Waals surface area contributed by atoms with E-state index in [1.165, 1.54) is 17.7 Å². The Bertz CT molecular complexity index is 1260. The van der Waals surface area contributed by atoms with Crippen LogP contribution < -0.4 is 10.9 Å². The number of esters is 1. The average Bonchev–Trinajstić information content (AvgIpc) is 2.87. The molecule has 0 saturated carbocycles. The number of benzene rings is 2. The van der Waals surface area contributed by atoms with Crippen molar-refractivity contribution in [2.45, 2.75) is 32.1 Å². The number of carbonyl (C=O) groups is 3. The van der Waals surface area contributed by atoms with Gasteiger partial charge in [0.1, 0.15) is 0 Å². The van der Waals surface area contributed by atoms with Crippen molar-refractivity contribution in [2.24, 2.45) is 7.05 Å². The van der Waals surface area contributed by atoms with E-state index < -0.39 is 0 Å². The number of aryl methyl sites for hydroxylation is 2. The van der Waals surface area contributed by atoms with Gasteiger partial charge in [0, 0.05) is 55.7 Å². The first kappa shape index (κ1) is 25.6. The van der Waals surface area contributed by atoms with Gasteiger partial charge in [-0.2, -0.15) is 0 Å². The minimum absolute atomic E-state index is 0.0683. The first-order chi connectivity index (χ1) is 16.8. The van der Waals surface area contributed by atoms with Gasteiger partial charge in [-0.3, -0.25) is 19.2 Å². The standard InChI is InChI=1S/C28H30N2O5/c1-19-7-4-5-8-23(19)24(17-25(31)22-14-15-26(32)30(2)18-22)20-10-12-21(13-11-20)28(34)29-16-6-9-27(33)35-3/h4-5,7-8,10-15,18,24H,6,9,16-17H2,1-3H3,(H,29,34). The molecule has 3 aromatic rings. The van der Waals surface area contributed by atoms with Crippen LogP contribution in [0.2, 0.25) is 0 Å². The summed E-state index contributed by atoms with van der Waals surface area (Å²) in [7, 11) is 2.96. The van der Waals surface area contributed by atoms with Crippen molar-refractivity contribution in [2.75, 3.05) is 13.7 Å². The molecule has 0 aliphatic rings. The van der Waals surface area contributed by atoms with E-state index in [9.17, 15) is 19.2 Å². The Morgan fingerprint density at radius 3 is 2.31 bits per heavy atom. The molecule has 1 N–H and O–H groups in total. The second kappa shape index (κ2) is 11.9. The molecule has 0 aliphatic heterocycles. The summed E-state index contributed by atoms with van der Waals surface area (Å²) in [6.45, 7) is 2.38. The number of Topliss-reactive ketones (excluding diaryl/α,β-unsaturated/α-hetero) is 1. The first-order valence-corrected chi connectivity index (χ1v) is 11.5. The Balaban J connectivity index is 1.79. The molecule has 1 amide bonds. The summed E-state index contributed by atoms with van der Waals surface area (Å²) in [6, 6.07) is 18.1. The molecule has 1 heterocycles. The van der Waals surface area contributed by atoms with Crippen LogP contribution in [0.4, 0.5) is 0 Å². The molecule has 7 heteroatoms. The van der Waals surface area contributed by atoms with E-state index in [0.29, 0.717) is 24.1 Å². The van der Waals surface area contributed by atoms with Crippen molar-refractivity contribution >= 4 is 17.7 Å². The molecule has 1 atom stereocenters. The molecule has 2 aromatic carbocycles. The molecule has 3 rings (SSSR count). The van der Waals surface area contributed by atoms with Gasteiger partial charge in [0.2, 0.25) is 5.56 Å². The molecule has 0 spiro atoms. The maximum Gasteiger partial charge on any atom is 0.305 e. The fourth-order valence-electron chi connectivity index (χ4n) is 3.95. The van der Waals surface area contributed by atoms with Crippen LogP contribution in [-0.2, 0) is 16.6 Å². The summed E-state index contributed by atoms with van der Waals surface area (Å²) in [4.78, 5) is 48.5. The lowest BCUT2D eigenvalue weighted by molar-refractivity contribution is -0.140. The van der Waals surface area contributed by atoms with E-state index in [-0.39, 0.29) is 42.0 Å². The average molecular weight is 475 g/mol. The number of methoxy groups -OCH3 is 1. The fraction of sp³-hybridized carbons (Fsp3) is 0.286. The van der Waals surface area contributed by atoms with Crippen LogP contribution >= 0.6 is 0 Å². The van der Waals surface area contributed by atoms with E-state index >= 15 is 0 Å². The molecule has 0 saturated heterocycles. The summed E-state index contributed by atoms with van der Waals surface area (Å²) >= 11 is 0. The monoisotopic (exact) mass is 474 g/mol. The minimum atomic E-state index is -0.307. The number of amides is 1. The zero-order valence-corrected chi connectivity index (χ0v) is 20.2. The highest BCUT2D eigenvalue weighted by Gasteiger charge is 2.21. The van der Waals surface area contributed by atoms with Crippen LogP contribution in [0.25, 0.3) is 0 Å². The molecule has 0 radical (unpaired) electrons. The van der Waals surface area contributed by atoms with Crippen LogP contribution in [0, 0.1) is 6.92 Å². The van der Waals surface area contributed by atoms with Crippen molar-refractivity contribution in [3.8, 4) is 0 Å². The van der Waals surface area contributed by atoms with Gasteiger partial charge in [0.15, 0.2) is 5.78 Å². The van der Waals surface area contributed by atoms with E-state index in [1.54, 1.807) is 31.4 Å². The molecular formula is C28H30N2O5. The van der Waals surface area contributed by atoms with Gasteiger partial charge in [0.25, 0.3) is 5.91 Å². The summed E-state index contributed by atoms with van der Waals surface area (Å²) in [5.74, 6) is -0.812. The van der Waals surface area contributed by atoms with Crippen LogP contribution in [0.3, 0.4) is 0 Å². The normalized spacial score (nSPS) is 11.5. The third-order valence-corrected chi connectivity index (χ3v) is 6.01. The molecule has 1 aromatic heterocycles. The van der Waals surface area contributed by atoms with Crippen molar-refractivity contribution in [3.05, 3.63) is 105 Å². The molecule has 0 aliphatic carbocycles. The second-order valence-corrected chi connectivity index (χ2v) is 8.46. The largest absolute Gasteiger partial charge is 0.469 e. The summed E-state index contributed by atoms with van der Waals surface area (Å²) < 4.78 is 6.00. The van der Waals surface area contributed by atoms with Gasteiger partial charge in [-0.05, 0) is 48.2 Å². The van der Waals surface area contributed by atoms with Crippen LogP contribution in [-0.4, -0.2) is 35.9 Å². The van der Waals surface area contributed by atoms with Gasteiger partial charge in [0.05, 0.1) is 7.11 Å². The number of aromatic nitrogens is 1. The number of hydrogen-bond donors (Lipinski definition) is 1. The smallest absolute Gasteiger partial charge is 0.305 e. The van der Waals surface area contributed by atoms with Gasteiger partial charge in [-0.15, -0.1) is 0 Å². The highest BCUT2D eigenvalue weighted by Crippen LogP contribution is 2.31. The molecule has 7 nitrogen and oxygen atoms in total. The first-order valence-electron chi connectivity index (χ1n) is 11.5. The number of pyridine rings is 1. The topological polar surface area (TPSA) is 94.5 Å². The Labute approximate surface area is 204 Å². The molecule has 35 heavy (non-hydrogen) atoms. The van der Waals surface area contributed by atoms with Gasteiger partial charge in [-0.1, -0.05) is 36.4 Å². The number of ketones is 1. The molecular weight excluding hydrogens is 444 g/mol. The van der Waals surface area contributed by atoms with Crippen molar-refractivity contribution in [3.63, 3.8) is 0 Å². The number of hydrogen-bond acceptors (Lipinski definition) is 5. The Hall–Kier alpha value is -4.00. The molecule has 0 bridgehead atoms. The Morgan fingerprint density at radius 2 is 1.66 bits per heavy atom. The van der Waals surface area contributed by atoms with E-state index in [1.807, 2.05) is 43.3 Å². The number of nitrogens with one attached hydrogen (secondary N) is 1.